The summed E-state index contributed by atoms with van der Waals surface area (Å²) in [4.78, 5) is 3.94. The second-order valence-electron chi connectivity index (χ2n) is 2.94. The Kier molecular flexibility index (Phi) is 1.96. The van der Waals surface area contributed by atoms with E-state index in [1.807, 2.05) is 0 Å². The van der Waals surface area contributed by atoms with Crippen molar-refractivity contribution >= 4 is 0 Å². The number of aromatic nitrogens is 1. The summed E-state index contributed by atoms with van der Waals surface area (Å²) in [5.41, 5.74) is 0.508. The number of halogens is 1. The summed E-state index contributed by atoms with van der Waals surface area (Å²) in [7, 11) is 0. The maximum Gasteiger partial charge on any atom is 0.226 e. The summed E-state index contributed by atoms with van der Waals surface area (Å²) in [6, 6.07) is 3.99. The highest BCUT2D eigenvalue weighted by Crippen LogP contribution is 2.24. The van der Waals surface area contributed by atoms with Gasteiger partial charge in [-0.15, -0.1) is 0 Å². The molecule has 72 valence electrons. The second-order valence-corrected chi connectivity index (χ2v) is 2.94. The molecule has 1 N–H and O–H groups in total. The van der Waals surface area contributed by atoms with E-state index in [-0.39, 0.29) is 5.75 Å². The first-order valence-corrected chi connectivity index (χ1v) is 4.08. The minimum atomic E-state index is -0.682. The quantitative estimate of drug-likeness (QED) is 0.756. The van der Waals surface area contributed by atoms with Crippen LogP contribution in [0.15, 0.2) is 28.8 Å². The monoisotopic (exact) mass is 193 g/mol. The molecule has 0 aliphatic carbocycles. The van der Waals surface area contributed by atoms with E-state index in [2.05, 4.69) is 4.98 Å². The lowest BCUT2D eigenvalue weighted by atomic mass is 10.2. The molecule has 0 saturated heterocycles. The van der Waals surface area contributed by atoms with Crippen molar-refractivity contribution in [3.63, 3.8) is 0 Å². The van der Waals surface area contributed by atoms with E-state index in [1.54, 1.807) is 19.2 Å². The number of aromatic hydroxyl groups is 1. The number of phenolic OH excluding ortho intramolecular Hbond substituents is 1. The Bertz CT molecular complexity index is 465. The zero-order valence-electron chi connectivity index (χ0n) is 7.49. The van der Waals surface area contributed by atoms with Gasteiger partial charge in [-0.1, -0.05) is 0 Å². The molecule has 0 fully saturated rings. The number of rotatable bonds is 1. The molecular weight excluding hydrogens is 185 g/mol. The van der Waals surface area contributed by atoms with Gasteiger partial charge >= 0.3 is 0 Å². The zero-order chi connectivity index (χ0) is 10.1. The normalized spacial score (nSPS) is 10.4. The van der Waals surface area contributed by atoms with E-state index in [0.29, 0.717) is 17.2 Å². The molecule has 0 amide bonds. The van der Waals surface area contributed by atoms with Crippen LogP contribution >= 0.6 is 0 Å². The van der Waals surface area contributed by atoms with E-state index in [9.17, 15) is 4.39 Å². The largest absolute Gasteiger partial charge is 0.505 e. The summed E-state index contributed by atoms with van der Waals surface area (Å²) >= 11 is 0. The molecule has 0 aliphatic rings. The molecule has 1 heterocycles. The van der Waals surface area contributed by atoms with E-state index < -0.39 is 5.82 Å². The van der Waals surface area contributed by atoms with Crippen LogP contribution in [0.3, 0.4) is 0 Å². The van der Waals surface area contributed by atoms with Crippen molar-refractivity contribution in [2.45, 2.75) is 6.92 Å². The standard InChI is InChI=1S/C10H8FNO2/c1-6-5-12-10(14-6)7-2-3-9(13)8(11)4-7/h2-5,13H,1H3. The molecule has 0 radical (unpaired) electrons. The first-order valence-electron chi connectivity index (χ1n) is 4.08. The van der Waals surface area contributed by atoms with E-state index in [4.69, 9.17) is 9.52 Å². The smallest absolute Gasteiger partial charge is 0.226 e. The summed E-state index contributed by atoms with van der Waals surface area (Å²) in [6.45, 7) is 1.76. The molecule has 1 aromatic carbocycles. The average Bonchev–Trinajstić information content (AvgIpc) is 2.57. The van der Waals surface area contributed by atoms with Crippen molar-refractivity contribution in [1.29, 1.82) is 0 Å². The number of benzene rings is 1. The molecule has 14 heavy (non-hydrogen) atoms. The molecule has 0 spiro atoms. The summed E-state index contributed by atoms with van der Waals surface area (Å²) in [5.74, 6) is -0.0507. The van der Waals surface area contributed by atoms with Gasteiger partial charge in [0.2, 0.25) is 5.89 Å². The van der Waals surface area contributed by atoms with Crippen LogP contribution in [-0.2, 0) is 0 Å². The van der Waals surface area contributed by atoms with Crippen LogP contribution in [0.4, 0.5) is 4.39 Å². The van der Waals surface area contributed by atoms with Crippen LogP contribution in [0.5, 0.6) is 5.75 Å². The van der Waals surface area contributed by atoms with Crippen LogP contribution in [0.2, 0.25) is 0 Å². The maximum atomic E-state index is 13.0. The highest BCUT2D eigenvalue weighted by Gasteiger charge is 2.07. The van der Waals surface area contributed by atoms with Crippen LogP contribution < -0.4 is 0 Å². The van der Waals surface area contributed by atoms with Gasteiger partial charge in [-0.05, 0) is 25.1 Å². The van der Waals surface area contributed by atoms with Crippen LogP contribution in [-0.4, -0.2) is 10.1 Å². The Morgan fingerprint density at radius 1 is 1.43 bits per heavy atom. The topological polar surface area (TPSA) is 46.3 Å². The van der Waals surface area contributed by atoms with Crippen molar-refractivity contribution < 1.29 is 13.9 Å². The first-order chi connectivity index (χ1) is 6.66. The third-order valence-electron chi connectivity index (χ3n) is 1.82. The van der Waals surface area contributed by atoms with Gasteiger partial charge in [0, 0.05) is 5.56 Å². The third kappa shape index (κ3) is 1.46. The van der Waals surface area contributed by atoms with Gasteiger partial charge in [0.05, 0.1) is 6.20 Å². The van der Waals surface area contributed by atoms with Gasteiger partial charge in [0.1, 0.15) is 5.76 Å². The van der Waals surface area contributed by atoms with Gasteiger partial charge in [-0.3, -0.25) is 0 Å². The molecule has 4 heteroatoms. The number of nitrogens with zero attached hydrogens (tertiary/aromatic N) is 1. The number of aryl methyl sites for hydroxylation is 1. The Hall–Kier alpha value is -1.84. The Morgan fingerprint density at radius 3 is 2.79 bits per heavy atom. The van der Waals surface area contributed by atoms with Crippen molar-refractivity contribution in [2.75, 3.05) is 0 Å². The lowest BCUT2D eigenvalue weighted by molar-refractivity contribution is 0.432. The fourth-order valence-electron chi connectivity index (χ4n) is 1.13. The van der Waals surface area contributed by atoms with Crippen molar-refractivity contribution in [3.05, 3.63) is 36.0 Å². The highest BCUT2D eigenvalue weighted by atomic mass is 19.1. The predicted molar refractivity (Wildman–Crippen MR) is 48.3 cm³/mol. The molecule has 0 saturated carbocycles. The molecular formula is C10H8FNO2. The highest BCUT2D eigenvalue weighted by molar-refractivity contribution is 5.54. The van der Waals surface area contributed by atoms with Crippen molar-refractivity contribution in [2.24, 2.45) is 0 Å². The molecule has 1 aromatic heterocycles. The molecule has 3 nitrogen and oxygen atoms in total. The maximum absolute atomic E-state index is 13.0. The van der Waals surface area contributed by atoms with Gasteiger partial charge in [0.25, 0.3) is 0 Å². The Morgan fingerprint density at radius 2 is 2.21 bits per heavy atom. The second kappa shape index (κ2) is 3.14. The number of phenols is 1. The third-order valence-corrected chi connectivity index (χ3v) is 1.82. The van der Waals surface area contributed by atoms with Gasteiger partial charge in [-0.2, -0.15) is 0 Å². The molecule has 0 aliphatic heterocycles. The van der Waals surface area contributed by atoms with Crippen LogP contribution in [0.25, 0.3) is 11.5 Å². The number of oxazole rings is 1. The van der Waals surface area contributed by atoms with Crippen LogP contribution in [0, 0.1) is 12.7 Å². The molecule has 2 rings (SSSR count). The van der Waals surface area contributed by atoms with Crippen molar-refractivity contribution in [1.82, 2.24) is 4.98 Å². The lowest BCUT2D eigenvalue weighted by Crippen LogP contribution is -1.80. The number of hydrogen-bond acceptors (Lipinski definition) is 3. The summed E-state index contributed by atoms with van der Waals surface area (Å²) in [5, 5.41) is 8.97. The van der Waals surface area contributed by atoms with E-state index in [0.717, 1.165) is 0 Å². The molecule has 0 unspecified atom stereocenters. The van der Waals surface area contributed by atoms with Gasteiger partial charge in [-0.25, -0.2) is 9.37 Å². The van der Waals surface area contributed by atoms with Gasteiger partial charge in [0.15, 0.2) is 11.6 Å². The lowest BCUT2D eigenvalue weighted by Gasteiger charge is -1.97. The number of hydrogen-bond donors (Lipinski definition) is 1. The van der Waals surface area contributed by atoms with E-state index in [1.165, 1.54) is 12.1 Å². The summed E-state index contributed by atoms with van der Waals surface area (Å²) < 4.78 is 18.2. The molecule has 2 aromatic rings. The fourth-order valence-corrected chi connectivity index (χ4v) is 1.13. The minimum absolute atomic E-state index is 0.349. The average molecular weight is 193 g/mol. The zero-order valence-corrected chi connectivity index (χ0v) is 7.49. The minimum Gasteiger partial charge on any atom is -0.505 e. The van der Waals surface area contributed by atoms with E-state index >= 15 is 0 Å². The van der Waals surface area contributed by atoms with Gasteiger partial charge < -0.3 is 9.52 Å². The molecule has 0 bridgehead atoms. The Labute approximate surface area is 79.8 Å². The first kappa shape index (κ1) is 8.74. The van der Waals surface area contributed by atoms with Crippen LogP contribution in [0.1, 0.15) is 5.76 Å². The Balaban J connectivity index is 2.47. The predicted octanol–water partition coefficient (Wildman–Crippen LogP) is 2.49. The SMILES string of the molecule is Cc1cnc(-c2ccc(O)c(F)c2)o1. The summed E-state index contributed by atoms with van der Waals surface area (Å²) in [6.07, 6.45) is 1.56. The fraction of sp³-hybridized carbons (Fsp3) is 0.100. The van der Waals surface area contributed by atoms with Crippen molar-refractivity contribution in [3.8, 4) is 17.2 Å². The molecule has 0 atom stereocenters.